The normalized spacial score (nSPS) is 21.4. The Labute approximate surface area is 278 Å². The molecule has 0 spiro atoms. The first kappa shape index (κ1) is 34.1. The molecule has 2 aliphatic heterocycles. The molecule has 2 aliphatic rings. The van der Waals surface area contributed by atoms with E-state index in [0.717, 1.165) is 67.2 Å². The van der Waals surface area contributed by atoms with Gasteiger partial charge in [0.05, 0.1) is 14.2 Å². The molecule has 2 saturated heterocycles. The molecule has 0 amide bonds. The van der Waals surface area contributed by atoms with Crippen molar-refractivity contribution >= 4 is 23.5 Å². The Morgan fingerprint density at radius 3 is 2.04 bits per heavy atom. The van der Waals surface area contributed by atoms with Crippen LogP contribution < -0.4 is 14.8 Å². The smallest absolute Gasteiger partial charge is 0.123 e. The van der Waals surface area contributed by atoms with Crippen LogP contribution in [0.1, 0.15) is 41.9 Å². The van der Waals surface area contributed by atoms with E-state index in [1.807, 2.05) is 59.9 Å². The highest BCUT2D eigenvalue weighted by atomic mass is 32.2. The summed E-state index contributed by atoms with van der Waals surface area (Å²) in [5, 5.41) is 3.72. The number of halogens is 1. The Hall–Kier alpha value is -2.23. The van der Waals surface area contributed by atoms with Crippen LogP contribution in [0.2, 0.25) is 0 Å². The molecule has 0 radical (unpaired) electrons. The van der Waals surface area contributed by atoms with Crippen molar-refractivity contribution in [2.45, 2.75) is 48.8 Å². The van der Waals surface area contributed by atoms with Crippen LogP contribution in [0.15, 0.2) is 72.8 Å². The SMILES string of the molecule is COc1ccc(CSCCNCCN(CCSCc2ccc(OC)cc2)C[C@H]2[C@@H](c3ccc(F)cc3)C[C@@H]3CC[C@H]2N3C)cc1. The molecule has 1 N–H and O–H groups in total. The van der Waals surface area contributed by atoms with E-state index in [1.54, 1.807) is 26.4 Å². The molecule has 8 heteroatoms. The summed E-state index contributed by atoms with van der Waals surface area (Å²) in [5.74, 6) is 6.92. The molecular formula is C37H50FN3O2S2. The Morgan fingerprint density at radius 1 is 0.800 bits per heavy atom. The highest BCUT2D eigenvalue weighted by Gasteiger charge is 2.46. The van der Waals surface area contributed by atoms with Crippen LogP contribution in [-0.2, 0) is 11.5 Å². The van der Waals surface area contributed by atoms with Gasteiger partial charge in [0.1, 0.15) is 17.3 Å². The summed E-state index contributed by atoms with van der Waals surface area (Å²) in [6.45, 7) is 5.19. The first-order chi connectivity index (χ1) is 22.0. The molecule has 3 aromatic carbocycles. The largest absolute Gasteiger partial charge is 0.497 e. The summed E-state index contributed by atoms with van der Waals surface area (Å²) in [6.07, 6.45) is 3.73. The Balaban J connectivity index is 1.15. The maximum absolute atomic E-state index is 13.8. The lowest BCUT2D eigenvalue weighted by atomic mass is 9.76. The number of methoxy groups -OCH3 is 2. The number of fused-ring (bicyclic) bond motifs is 2. The minimum Gasteiger partial charge on any atom is -0.497 e. The van der Waals surface area contributed by atoms with Crippen molar-refractivity contribution in [2.24, 2.45) is 5.92 Å². The molecule has 3 aromatic rings. The van der Waals surface area contributed by atoms with E-state index in [2.05, 4.69) is 46.4 Å². The van der Waals surface area contributed by atoms with Gasteiger partial charge in [-0.05, 0) is 91.2 Å². The van der Waals surface area contributed by atoms with Crippen molar-refractivity contribution in [3.8, 4) is 11.5 Å². The van der Waals surface area contributed by atoms with Crippen LogP contribution >= 0.6 is 23.5 Å². The van der Waals surface area contributed by atoms with Crippen LogP contribution in [-0.4, -0.2) is 87.4 Å². The van der Waals surface area contributed by atoms with E-state index in [1.165, 1.54) is 36.0 Å². The zero-order valence-corrected chi connectivity index (χ0v) is 28.8. The van der Waals surface area contributed by atoms with E-state index in [-0.39, 0.29) is 5.82 Å². The number of thioether (sulfide) groups is 2. The van der Waals surface area contributed by atoms with E-state index in [9.17, 15) is 4.39 Å². The lowest BCUT2D eigenvalue weighted by molar-refractivity contribution is 0.0727. The molecule has 0 saturated carbocycles. The molecule has 2 fully saturated rings. The van der Waals surface area contributed by atoms with Gasteiger partial charge in [0.2, 0.25) is 0 Å². The molecule has 0 unspecified atom stereocenters. The molecule has 4 atom stereocenters. The number of benzene rings is 3. The predicted molar refractivity (Wildman–Crippen MR) is 189 cm³/mol. The Bertz CT molecular complexity index is 1280. The second kappa shape index (κ2) is 17.6. The molecule has 45 heavy (non-hydrogen) atoms. The van der Waals surface area contributed by atoms with Gasteiger partial charge in [-0.1, -0.05) is 36.4 Å². The fourth-order valence-electron chi connectivity index (χ4n) is 7.04. The van der Waals surface area contributed by atoms with Crippen molar-refractivity contribution < 1.29 is 13.9 Å². The number of ether oxygens (including phenoxy) is 2. The molecule has 5 nitrogen and oxygen atoms in total. The van der Waals surface area contributed by atoms with Crippen LogP contribution in [0.5, 0.6) is 11.5 Å². The van der Waals surface area contributed by atoms with Gasteiger partial charge in [-0.15, -0.1) is 0 Å². The number of nitrogens with zero attached hydrogens (tertiary/aromatic N) is 2. The van der Waals surface area contributed by atoms with Crippen LogP contribution in [0.3, 0.4) is 0 Å². The lowest BCUT2D eigenvalue weighted by Crippen LogP contribution is -2.50. The number of hydrogen-bond donors (Lipinski definition) is 1. The first-order valence-electron chi connectivity index (χ1n) is 16.4. The summed E-state index contributed by atoms with van der Waals surface area (Å²) in [6, 6.07) is 25.4. The average Bonchev–Trinajstić information content (AvgIpc) is 3.32. The molecule has 2 bridgehead atoms. The fourth-order valence-corrected chi connectivity index (χ4v) is 8.86. The van der Waals surface area contributed by atoms with Gasteiger partial charge in [-0.3, -0.25) is 0 Å². The second-order valence-electron chi connectivity index (χ2n) is 12.4. The highest BCUT2D eigenvalue weighted by molar-refractivity contribution is 7.98. The van der Waals surface area contributed by atoms with Crippen molar-refractivity contribution in [2.75, 3.05) is 65.5 Å². The Morgan fingerprint density at radius 2 is 1.42 bits per heavy atom. The van der Waals surface area contributed by atoms with E-state index in [4.69, 9.17) is 9.47 Å². The summed E-state index contributed by atoms with van der Waals surface area (Å²) < 4.78 is 24.4. The third-order valence-electron chi connectivity index (χ3n) is 9.63. The van der Waals surface area contributed by atoms with Gasteiger partial charge in [0.25, 0.3) is 0 Å². The minimum atomic E-state index is -0.144. The second-order valence-corrected chi connectivity index (χ2v) is 14.6. The van der Waals surface area contributed by atoms with E-state index in [0.29, 0.717) is 23.9 Å². The van der Waals surface area contributed by atoms with Crippen molar-refractivity contribution in [1.29, 1.82) is 0 Å². The monoisotopic (exact) mass is 651 g/mol. The van der Waals surface area contributed by atoms with Gasteiger partial charge in [0.15, 0.2) is 0 Å². The van der Waals surface area contributed by atoms with Gasteiger partial charge in [-0.2, -0.15) is 23.5 Å². The molecule has 5 rings (SSSR count). The van der Waals surface area contributed by atoms with Crippen molar-refractivity contribution in [1.82, 2.24) is 15.1 Å². The van der Waals surface area contributed by atoms with Crippen LogP contribution in [0.25, 0.3) is 0 Å². The zero-order valence-electron chi connectivity index (χ0n) is 27.1. The fraction of sp³-hybridized carbons (Fsp3) is 0.514. The van der Waals surface area contributed by atoms with Gasteiger partial charge < -0.3 is 24.6 Å². The first-order valence-corrected chi connectivity index (χ1v) is 18.7. The molecule has 2 heterocycles. The zero-order chi connectivity index (χ0) is 31.4. The van der Waals surface area contributed by atoms with Crippen molar-refractivity contribution in [3.63, 3.8) is 0 Å². The third kappa shape index (κ3) is 9.88. The number of hydrogen-bond acceptors (Lipinski definition) is 7. The number of rotatable bonds is 18. The van der Waals surface area contributed by atoms with Crippen molar-refractivity contribution in [3.05, 3.63) is 95.3 Å². The van der Waals surface area contributed by atoms with Gasteiger partial charge >= 0.3 is 0 Å². The summed E-state index contributed by atoms with van der Waals surface area (Å²) in [7, 11) is 5.75. The quantitative estimate of drug-likeness (QED) is 0.146. The summed E-state index contributed by atoms with van der Waals surface area (Å²) >= 11 is 3.98. The van der Waals surface area contributed by atoms with E-state index >= 15 is 0 Å². The molecular weight excluding hydrogens is 602 g/mol. The summed E-state index contributed by atoms with van der Waals surface area (Å²) in [5.41, 5.74) is 3.98. The highest BCUT2D eigenvalue weighted by Crippen LogP contribution is 2.46. The maximum atomic E-state index is 13.8. The third-order valence-corrected chi connectivity index (χ3v) is 11.7. The predicted octanol–water partition coefficient (Wildman–Crippen LogP) is 7.17. The standard InChI is InChI=1S/C37H50FN3O2S2/c1-40-32-12-17-37(40)36(35(24-32)30-8-10-31(38)11-9-30)25-41(21-23-45-27-29-6-15-34(43-3)16-7-29)20-18-39-19-22-44-26-28-4-13-33(42-2)14-5-28/h4-11,13-16,32,35-37,39H,12,17-27H2,1-3H3/t32-,35+,36-,37+/m0/s1. The number of nitrogens with one attached hydrogen (secondary N) is 1. The van der Waals surface area contributed by atoms with Crippen LogP contribution in [0, 0.1) is 11.7 Å². The van der Waals surface area contributed by atoms with Gasteiger partial charge in [0, 0.05) is 67.8 Å². The number of piperidine rings is 1. The van der Waals surface area contributed by atoms with Crippen LogP contribution in [0.4, 0.5) is 4.39 Å². The molecule has 244 valence electrons. The topological polar surface area (TPSA) is 37.0 Å². The average molecular weight is 652 g/mol. The summed E-state index contributed by atoms with van der Waals surface area (Å²) in [4.78, 5) is 5.35. The molecule has 0 aliphatic carbocycles. The Kier molecular flexibility index (Phi) is 13.4. The lowest BCUT2D eigenvalue weighted by Gasteiger charge is -2.45. The maximum Gasteiger partial charge on any atom is 0.123 e. The minimum absolute atomic E-state index is 0.144. The van der Waals surface area contributed by atoms with Gasteiger partial charge in [-0.25, -0.2) is 4.39 Å². The molecule has 0 aromatic heterocycles. The van der Waals surface area contributed by atoms with E-state index < -0.39 is 0 Å².